The summed E-state index contributed by atoms with van der Waals surface area (Å²) in [5.74, 6) is -0.727. The lowest BCUT2D eigenvalue weighted by atomic mass is 10.2. The monoisotopic (exact) mass is 299 g/mol. The number of carbonyl (C=O) groups excluding carboxylic acids is 1. The van der Waals surface area contributed by atoms with Gasteiger partial charge in [0.1, 0.15) is 5.60 Å². The Morgan fingerprint density at radius 1 is 1.18 bits per heavy atom. The third-order valence-electron chi connectivity index (χ3n) is 3.43. The summed E-state index contributed by atoms with van der Waals surface area (Å²) in [6, 6.07) is 9.11. The minimum Gasteiger partial charge on any atom is -0.454 e. The van der Waals surface area contributed by atoms with Crippen LogP contribution in [0.2, 0.25) is 0 Å². The van der Waals surface area contributed by atoms with Crippen molar-refractivity contribution in [3.63, 3.8) is 0 Å². The predicted octanol–water partition coefficient (Wildman–Crippen LogP) is 3.24. The highest BCUT2D eigenvalue weighted by molar-refractivity contribution is 6.08. The fourth-order valence-electron chi connectivity index (χ4n) is 2.53. The molecule has 0 bridgehead atoms. The second-order valence-electron chi connectivity index (χ2n) is 6.24. The largest absolute Gasteiger partial charge is 0.454 e. The Morgan fingerprint density at radius 3 is 2.55 bits per heavy atom. The van der Waals surface area contributed by atoms with Crippen LogP contribution in [0.15, 0.2) is 39.5 Å². The number of aryl methyl sites for hydroxylation is 1. The number of hydrogen-bond donors (Lipinski definition) is 0. The normalized spacial score (nSPS) is 12.0. The molecule has 0 radical (unpaired) electrons. The summed E-state index contributed by atoms with van der Waals surface area (Å²) >= 11 is 0. The van der Waals surface area contributed by atoms with Crippen LogP contribution in [0, 0.1) is 0 Å². The number of hydrogen-bond acceptors (Lipinski definition) is 4. The Balaban J connectivity index is 2.25. The Hall–Kier alpha value is -2.56. The standard InChI is InChI=1S/C17H17NO4/c1-17(2,3)22-15(19)13-9-12-14(16(20)21-13)10-7-5-6-8-11(10)18(12)4/h5-9H,1-4H3. The van der Waals surface area contributed by atoms with Crippen molar-refractivity contribution in [1.82, 2.24) is 4.57 Å². The van der Waals surface area contributed by atoms with Gasteiger partial charge in [-0.3, -0.25) is 0 Å². The van der Waals surface area contributed by atoms with Crippen LogP contribution in [0.25, 0.3) is 21.8 Å². The van der Waals surface area contributed by atoms with Gasteiger partial charge in [0.15, 0.2) is 0 Å². The van der Waals surface area contributed by atoms with E-state index in [2.05, 4.69) is 0 Å². The number of benzene rings is 1. The van der Waals surface area contributed by atoms with Crippen LogP contribution in [0.3, 0.4) is 0 Å². The average molecular weight is 299 g/mol. The highest BCUT2D eigenvalue weighted by Crippen LogP contribution is 2.26. The fourth-order valence-corrected chi connectivity index (χ4v) is 2.53. The summed E-state index contributed by atoms with van der Waals surface area (Å²) < 4.78 is 12.3. The van der Waals surface area contributed by atoms with Gasteiger partial charge in [0, 0.05) is 24.0 Å². The zero-order valence-electron chi connectivity index (χ0n) is 13.0. The number of ether oxygens (including phenoxy) is 1. The Bertz CT molecular complexity index is 941. The Kier molecular flexibility index (Phi) is 3.09. The number of rotatable bonds is 1. The molecule has 0 N–H and O–H groups in total. The molecule has 0 aliphatic carbocycles. The highest BCUT2D eigenvalue weighted by Gasteiger charge is 2.22. The van der Waals surface area contributed by atoms with Crippen LogP contribution in [-0.4, -0.2) is 16.1 Å². The number of carbonyl (C=O) groups is 1. The first-order chi connectivity index (χ1) is 10.3. The zero-order valence-corrected chi connectivity index (χ0v) is 13.0. The molecule has 0 saturated carbocycles. The van der Waals surface area contributed by atoms with Crippen LogP contribution in [0.4, 0.5) is 0 Å². The molecular weight excluding hydrogens is 282 g/mol. The van der Waals surface area contributed by atoms with E-state index >= 15 is 0 Å². The van der Waals surface area contributed by atoms with Gasteiger partial charge in [0.25, 0.3) is 0 Å². The number of fused-ring (bicyclic) bond motifs is 3. The van der Waals surface area contributed by atoms with Crippen molar-refractivity contribution < 1.29 is 13.9 Å². The molecule has 3 rings (SSSR count). The number of aromatic nitrogens is 1. The van der Waals surface area contributed by atoms with Gasteiger partial charge in [-0.15, -0.1) is 0 Å². The van der Waals surface area contributed by atoms with E-state index < -0.39 is 17.2 Å². The van der Waals surface area contributed by atoms with E-state index in [0.29, 0.717) is 10.9 Å². The van der Waals surface area contributed by atoms with E-state index in [-0.39, 0.29) is 5.76 Å². The maximum absolute atomic E-state index is 12.3. The number of para-hydroxylation sites is 1. The van der Waals surface area contributed by atoms with Gasteiger partial charge in [-0.25, -0.2) is 9.59 Å². The molecule has 2 aromatic heterocycles. The molecule has 2 heterocycles. The third-order valence-corrected chi connectivity index (χ3v) is 3.43. The molecule has 114 valence electrons. The molecule has 0 fully saturated rings. The van der Waals surface area contributed by atoms with Gasteiger partial charge in [-0.2, -0.15) is 0 Å². The highest BCUT2D eigenvalue weighted by atomic mass is 16.6. The average Bonchev–Trinajstić information content (AvgIpc) is 2.71. The molecule has 0 saturated heterocycles. The topological polar surface area (TPSA) is 61.4 Å². The molecule has 0 atom stereocenters. The minimum atomic E-state index is -0.649. The summed E-state index contributed by atoms with van der Waals surface area (Å²) in [7, 11) is 1.85. The van der Waals surface area contributed by atoms with Gasteiger partial charge in [0.2, 0.25) is 5.76 Å². The first-order valence-corrected chi connectivity index (χ1v) is 7.02. The molecular formula is C17H17NO4. The molecule has 3 aromatic rings. The second-order valence-corrected chi connectivity index (χ2v) is 6.24. The van der Waals surface area contributed by atoms with E-state index in [1.54, 1.807) is 26.8 Å². The van der Waals surface area contributed by atoms with Crippen molar-refractivity contribution in [3.8, 4) is 0 Å². The van der Waals surface area contributed by atoms with Crippen LogP contribution in [0.1, 0.15) is 31.3 Å². The second kappa shape index (κ2) is 4.73. The maximum atomic E-state index is 12.3. The fraction of sp³-hybridized carbons (Fsp3) is 0.294. The molecule has 0 spiro atoms. The summed E-state index contributed by atoms with van der Waals surface area (Å²) in [5, 5.41) is 1.29. The molecule has 0 unspecified atom stereocenters. The molecule has 22 heavy (non-hydrogen) atoms. The maximum Gasteiger partial charge on any atom is 0.374 e. The van der Waals surface area contributed by atoms with Crippen LogP contribution in [-0.2, 0) is 11.8 Å². The lowest BCUT2D eigenvalue weighted by molar-refractivity contribution is 0.00320. The van der Waals surface area contributed by atoms with Crippen molar-refractivity contribution in [2.45, 2.75) is 26.4 Å². The molecule has 5 nitrogen and oxygen atoms in total. The predicted molar refractivity (Wildman–Crippen MR) is 84.1 cm³/mol. The van der Waals surface area contributed by atoms with Crippen molar-refractivity contribution >= 4 is 27.8 Å². The first kappa shape index (κ1) is 14.4. The molecule has 0 aliphatic rings. The van der Waals surface area contributed by atoms with E-state index in [1.807, 2.05) is 35.9 Å². The molecule has 5 heteroatoms. The van der Waals surface area contributed by atoms with Gasteiger partial charge >= 0.3 is 11.6 Å². The van der Waals surface area contributed by atoms with Gasteiger partial charge in [-0.1, -0.05) is 18.2 Å². The molecule has 1 aromatic carbocycles. The van der Waals surface area contributed by atoms with Gasteiger partial charge in [0.05, 0.1) is 10.9 Å². The Morgan fingerprint density at radius 2 is 1.86 bits per heavy atom. The lowest BCUT2D eigenvalue weighted by Gasteiger charge is -2.18. The van der Waals surface area contributed by atoms with E-state index in [4.69, 9.17) is 9.15 Å². The quantitative estimate of drug-likeness (QED) is 0.647. The van der Waals surface area contributed by atoms with Crippen LogP contribution < -0.4 is 5.63 Å². The SMILES string of the molecule is Cn1c2ccccc2c2c(=O)oc(C(=O)OC(C)(C)C)cc21. The Labute approximate surface area is 127 Å². The zero-order chi connectivity index (χ0) is 16.1. The molecule has 0 aliphatic heterocycles. The van der Waals surface area contributed by atoms with E-state index in [9.17, 15) is 9.59 Å². The van der Waals surface area contributed by atoms with Crippen molar-refractivity contribution in [2.75, 3.05) is 0 Å². The number of nitrogens with zero attached hydrogens (tertiary/aromatic N) is 1. The summed E-state index contributed by atoms with van der Waals surface area (Å²) in [6.07, 6.45) is 0. The molecule has 0 amide bonds. The van der Waals surface area contributed by atoms with Gasteiger partial charge < -0.3 is 13.7 Å². The van der Waals surface area contributed by atoms with Gasteiger partial charge in [-0.05, 0) is 26.8 Å². The van der Waals surface area contributed by atoms with Crippen molar-refractivity contribution in [3.05, 3.63) is 46.5 Å². The summed E-state index contributed by atoms with van der Waals surface area (Å²) in [4.78, 5) is 24.4. The smallest absolute Gasteiger partial charge is 0.374 e. The van der Waals surface area contributed by atoms with Crippen LogP contribution >= 0.6 is 0 Å². The van der Waals surface area contributed by atoms with E-state index in [1.165, 1.54) is 0 Å². The summed E-state index contributed by atoms with van der Waals surface area (Å²) in [6.45, 7) is 5.29. The minimum absolute atomic E-state index is 0.0849. The number of esters is 1. The lowest BCUT2D eigenvalue weighted by Crippen LogP contribution is -2.24. The first-order valence-electron chi connectivity index (χ1n) is 7.02. The third kappa shape index (κ3) is 2.28. The van der Waals surface area contributed by atoms with E-state index in [0.717, 1.165) is 10.9 Å². The summed E-state index contributed by atoms with van der Waals surface area (Å²) in [5.41, 5.74) is 0.378. The van der Waals surface area contributed by atoms with Crippen LogP contribution in [0.5, 0.6) is 0 Å². The van der Waals surface area contributed by atoms with Crippen molar-refractivity contribution in [2.24, 2.45) is 7.05 Å². The van der Waals surface area contributed by atoms with Crippen molar-refractivity contribution in [1.29, 1.82) is 0 Å².